The summed E-state index contributed by atoms with van der Waals surface area (Å²) in [5.41, 5.74) is 3.79. The van der Waals surface area contributed by atoms with Crippen LogP contribution < -0.4 is 15.5 Å². The number of ether oxygens (including phenoxy) is 1. The van der Waals surface area contributed by atoms with E-state index >= 15 is 0 Å². The summed E-state index contributed by atoms with van der Waals surface area (Å²) in [7, 11) is 0. The van der Waals surface area contributed by atoms with Crippen LogP contribution in [0.3, 0.4) is 0 Å². The second-order valence-corrected chi connectivity index (χ2v) is 10.0. The normalized spacial score (nSPS) is 20.8. The van der Waals surface area contributed by atoms with E-state index in [1.807, 2.05) is 48.5 Å². The zero-order chi connectivity index (χ0) is 27.2. The van der Waals surface area contributed by atoms with Crippen molar-refractivity contribution in [3.05, 3.63) is 102 Å². The molecule has 0 aromatic heterocycles. The van der Waals surface area contributed by atoms with Crippen LogP contribution in [0.25, 0.3) is 6.08 Å². The number of piperidine rings is 1. The monoisotopic (exact) mass is 525 g/mol. The fourth-order valence-electron chi connectivity index (χ4n) is 5.36. The number of Topliss-reactive ketones (excluding diaryl/α,β-unsaturated/α-hetero) is 1. The molecule has 0 bridgehead atoms. The van der Waals surface area contributed by atoms with E-state index < -0.39 is 17.6 Å². The quantitative estimate of drug-likeness (QED) is 0.242. The summed E-state index contributed by atoms with van der Waals surface area (Å²) < 4.78 is 6.50. The summed E-state index contributed by atoms with van der Waals surface area (Å²) in [5, 5.41) is 11.7. The van der Waals surface area contributed by atoms with Crippen molar-refractivity contribution in [3.63, 3.8) is 0 Å². The Morgan fingerprint density at radius 2 is 1.79 bits per heavy atom. The topological polar surface area (TPSA) is 108 Å². The van der Waals surface area contributed by atoms with Crippen LogP contribution in [0.2, 0.25) is 0 Å². The Labute approximate surface area is 227 Å². The highest BCUT2D eigenvalue weighted by molar-refractivity contribution is 6.01. The average molecular weight is 526 g/mol. The molecule has 5 rings (SSSR count). The molecule has 3 aromatic rings. The molecule has 2 aliphatic heterocycles. The van der Waals surface area contributed by atoms with Gasteiger partial charge in [0, 0.05) is 37.7 Å². The van der Waals surface area contributed by atoms with E-state index in [0.717, 1.165) is 12.1 Å². The minimum atomic E-state index is -0.778. The maximum absolute atomic E-state index is 13.6. The molecule has 1 saturated heterocycles. The number of fused-ring (bicyclic) bond motifs is 1. The molecule has 1 fully saturated rings. The van der Waals surface area contributed by atoms with Crippen LogP contribution in [0.1, 0.15) is 40.7 Å². The van der Waals surface area contributed by atoms with Gasteiger partial charge in [0.05, 0.1) is 18.0 Å². The van der Waals surface area contributed by atoms with E-state index in [0.29, 0.717) is 42.8 Å². The number of carbonyl (C=O) groups excluding carboxylic acids is 3. The SMILES string of the molecule is O=C(/C=C/c1ccc2c(c1)C(=O)CC1(CCN(CCc3ccccc3)C(C(=O)Nc3ccccc3)C1)O2)NO. The van der Waals surface area contributed by atoms with Crippen molar-refractivity contribution in [2.24, 2.45) is 0 Å². The van der Waals surface area contributed by atoms with Crippen molar-refractivity contribution in [2.45, 2.75) is 37.3 Å². The number of nitrogens with zero attached hydrogens (tertiary/aromatic N) is 1. The minimum Gasteiger partial charge on any atom is -0.486 e. The zero-order valence-electron chi connectivity index (χ0n) is 21.5. The van der Waals surface area contributed by atoms with Gasteiger partial charge < -0.3 is 10.1 Å². The molecule has 8 heteroatoms. The first-order chi connectivity index (χ1) is 18.9. The molecule has 2 heterocycles. The van der Waals surface area contributed by atoms with Gasteiger partial charge in [0.15, 0.2) is 5.78 Å². The van der Waals surface area contributed by atoms with Crippen LogP contribution in [0.5, 0.6) is 5.75 Å². The van der Waals surface area contributed by atoms with E-state index in [1.54, 1.807) is 23.7 Å². The summed E-state index contributed by atoms with van der Waals surface area (Å²) in [6.07, 6.45) is 4.70. The van der Waals surface area contributed by atoms with Crippen LogP contribution in [0, 0.1) is 0 Å². The Balaban J connectivity index is 1.36. The predicted molar refractivity (Wildman–Crippen MR) is 148 cm³/mol. The average Bonchev–Trinajstić information content (AvgIpc) is 2.96. The first-order valence-electron chi connectivity index (χ1n) is 13.1. The number of anilines is 1. The Morgan fingerprint density at radius 3 is 2.54 bits per heavy atom. The van der Waals surface area contributed by atoms with Crippen molar-refractivity contribution in [3.8, 4) is 5.75 Å². The molecule has 8 nitrogen and oxygen atoms in total. The summed E-state index contributed by atoms with van der Waals surface area (Å²) in [6, 6.07) is 24.3. The van der Waals surface area contributed by atoms with E-state index in [9.17, 15) is 14.4 Å². The number of ketones is 1. The number of hydrogen-bond acceptors (Lipinski definition) is 6. The number of nitrogens with one attached hydrogen (secondary N) is 2. The van der Waals surface area contributed by atoms with Crippen molar-refractivity contribution in [1.29, 1.82) is 0 Å². The number of rotatable bonds is 7. The van der Waals surface area contributed by atoms with Crippen LogP contribution in [0.15, 0.2) is 84.9 Å². The molecule has 200 valence electrons. The highest BCUT2D eigenvalue weighted by Crippen LogP contribution is 2.41. The minimum absolute atomic E-state index is 0.0573. The van der Waals surface area contributed by atoms with Crippen molar-refractivity contribution in [1.82, 2.24) is 10.4 Å². The fraction of sp³-hybridized carbons (Fsp3) is 0.258. The molecule has 3 N–H and O–H groups in total. The standard InChI is InChI=1S/C31H31N3O5/c35-27-21-31(39-28-13-11-23(19-25(27)28)12-14-29(36)33-38)16-18-34(17-15-22-7-3-1-4-8-22)26(20-31)30(37)32-24-9-5-2-6-10-24/h1-14,19,26,38H,15-18,20-21H2,(H,32,37)(H,33,36)/b14-12+. The molecule has 3 aromatic carbocycles. The van der Waals surface area contributed by atoms with Gasteiger partial charge >= 0.3 is 0 Å². The summed E-state index contributed by atoms with van der Waals surface area (Å²) in [5.74, 6) is -0.348. The largest absolute Gasteiger partial charge is 0.486 e. The van der Waals surface area contributed by atoms with Crippen LogP contribution in [-0.2, 0) is 16.0 Å². The summed E-state index contributed by atoms with van der Waals surface area (Å²) >= 11 is 0. The van der Waals surface area contributed by atoms with Crippen molar-refractivity contribution in [2.75, 3.05) is 18.4 Å². The van der Waals surface area contributed by atoms with Crippen LogP contribution >= 0.6 is 0 Å². The number of benzene rings is 3. The molecule has 2 atom stereocenters. The van der Waals surface area contributed by atoms with E-state index in [2.05, 4.69) is 22.3 Å². The molecule has 1 spiro atoms. The first kappa shape index (κ1) is 26.3. The Morgan fingerprint density at radius 1 is 1.05 bits per heavy atom. The van der Waals surface area contributed by atoms with E-state index in [1.165, 1.54) is 17.7 Å². The Bertz CT molecular complexity index is 1380. The van der Waals surface area contributed by atoms with Gasteiger partial charge in [-0.3, -0.25) is 24.5 Å². The van der Waals surface area contributed by atoms with Gasteiger partial charge in [-0.15, -0.1) is 0 Å². The van der Waals surface area contributed by atoms with E-state index in [-0.39, 0.29) is 18.1 Å². The van der Waals surface area contributed by atoms with Gasteiger partial charge in [-0.05, 0) is 47.9 Å². The number of para-hydroxylation sites is 1. The van der Waals surface area contributed by atoms with Crippen molar-refractivity contribution >= 4 is 29.4 Å². The van der Waals surface area contributed by atoms with E-state index in [4.69, 9.17) is 9.94 Å². The molecule has 0 saturated carbocycles. The molecule has 2 amide bonds. The van der Waals surface area contributed by atoms with Gasteiger partial charge in [0.2, 0.25) is 5.91 Å². The second kappa shape index (κ2) is 11.6. The number of hydrogen-bond donors (Lipinski definition) is 3. The number of likely N-dealkylation sites (tertiary alicyclic amines) is 1. The Kier molecular flexibility index (Phi) is 7.86. The molecular weight excluding hydrogens is 494 g/mol. The third kappa shape index (κ3) is 6.25. The molecule has 2 aliphatic rings. The first-order valence-corrected chi connectivity index (χ1v) is 13.1. The zero-order valence-corrected chi connectivity index (χ0v) is 21.5. The van der Waals surface area contributed by atoms with Crippen molar-refractivity contribution < 1.29 is 24.3 Å². The smallest absolute Gasteiger partial charge is 0.267 e. The van der Waals surface area contributed by atoms with Gasteiger partial charge in [0.1, 0.15) is 11.4 Å². The van der Waals surface area contributed by atoms with Crippen LogP contribution in [0.4, 0.5) is 5.69 Å². The molecule has 2 unspecified atom stereocenters. The molecule has 39 heavy (non-hydrogen) atoms. The molecular formula is C31H31N3O5. The van der Waals surface area contributed by atoms with Gasteiger partial charge in [-0.2, -0.15) is 0 Å². The van der Waals surface area contributed by atoms with Crippen LogP contribution in [-0.4, -0.2) is 52.4 Å². The third-order valence-electron chi connectivity index (χ3n) is 7.39. The summed E-state index contributed by atoms with van der Waals surface area (Å²) in [6.45, 7) is 1.34. The predicted octanol–water partition coefficient (Wildman–Crippen LogP) is 4.26. The molecule has 0 aliphatic carbocycles. The second-order valence-electron chi connectivity index (χ2n) is 10.0. The lowest BCUT2D eigenvalue weighted by atomic mass is 9.78. The number of hydroxylamine groups is 1. The highest BCUT2D eigenvalue weighted by atomic mass is 16.5. The lowest BCUT2D eigenvalue weighted by Crippen LogP contribution is -2.59. The van der Waals surface area contributed by atoms with Gasteiger partial charge in [-0.25, -0.2) is 5.48 Å². The lowest BCUT2D eigenvalue weighted by Gasteiger charge is -2.47. The summed E-state index contributed by atoms with van der Waals surface area (Å²) in [4.78, 5) is 40.4. The maximum Gasteiger partial charge on any atom is 0.267 e. The maximum atomic E-state index is 13.6. The highest BCUT2D eigenvalue weighted by Gasteiger charge is 2.48. The number of amides is 2. The molecule has 0 radical (unpaired) electrons. The number of carbonyl (C=O) groups is 3. The van der Waals surface area contributed by atoms with Gasteiger partial charge in [-0.1, -0.05) is 54.6 Å². The fourth-order valence-corrected chi connectivity index (χ4v) is 5.36. The van der Waals surface area contributed by atoms with Gasteiger partial charge in [0.25, 0.3) is 5.91 Å². The third-order valence-corrected chi connectivity index (χ3v) is 7.39. The Hall–Kier alpha value is -4.27. The lowest BCUT2D eigenvalue weighted by molar-refractivity contribution is -0.127.